The van der Waals surface area contributed by atoms with E-state index in [4.69, 9.17) is 4.74 Å². The Morgan fingerprint density at radius 1 is 1.31 bits per heavy atom. The van der Waals surface area contributed by atoms with Crippen LogP contribution in [0.1, 0.15) is 6.42 Å². The van der Waals surface area contributed by atoms with E-state index in [1.807, 2.05) is 0 Å². The van der Waals surface area contributed by atoms with E-state index in [0.717, 1.165) is 59.4 Å². The van der Waals surface area contributed by atoms with Gasteiger partial charge in [0.15, 0.2) is 5.96 Å². The van der Waals surface area contributed by atoms with Crippen LogP contribution in [-0.2, 0) is 9.53 Å². The minimum atomic E-state index is -4.40. The predicted molar refractivity (Wildman–Crippen MR) is 92.0 cm³/mol. The summed E-state index contributed by atoms with van der Waals surface area (Å²) in [7, 11) is 2.76. The fourth-order valence-corrected chi connectivity index (χ4v) is 3.30. The average Bonchev–Trinajstić information content (AvgIpc) is 3.03. The number of likely N-dealkylation sites (N-methyl/N-ethyl adjacent to an activating group) is 1. The highest BCUT2D eigenvalue weighted by atomic mass is 19.4. The minimum absolute atomic E-state index is 0.204. The summed E-state index contributed by atoms with van der Waals surface area (Å²) in [6.45, 7) is 4.63. The van der Waals surface area contributed by atoms with E-state index in [0.29, 0.717) is 16.8 Å². The largest absolute Gasteiger partial charge is 0.406 e. The summed E-state index contributed by atoms with van der Waals surface area (Å²) >= 11 is 0. The molecule has 0 spiro atoms. The number of morpholine rings is 1. The van der Waals surface area contributed by atoms with Crippen molar-refractivity contribution in [3.63, 3.8) is 0 Å². The number of halogens is 3. The van der Waals surface area contributed by atoms with Crippen molar-refractivity contribution in [1.82, 2.24) is 20.0 Å². The van der Waals surface area contributed by atoms with Gasteiger partial charge in [-0.25, -0.2) is 0 Å². The highest BCUT2D eigenvalue weighted by Gasteiger charge is 2.31. The fraction of sp³-hybridized carbons (Fsp3) is 0.875. The number of amides is 1. The zero-order chi connectivity index (χ0) is 19.2. The van der Waals surface area contributed by atoms with Crippen molar-refractivity contribution < 1.29 is 22.7 Å². The molecule has 2 saturated heterocycles. The zero-order valence-corrected chi connectivity index (χ0v) is 15.4. The first-order chi connectivity index (χ1) is 12.3. The van der Waals surface area contributed by atoms with Gasteiger partial charge in [-0.2, -0.15) is 13.2 Å². The number of ether oxygens (including phenoxy) is 1. The lowest BCUT2D eigenvalue weighted by atomic mass is 10.1. The number of rotatable bonds is 5. The van der Waals surface area contributed by atoms with E-state index in [9.17, 15) is 18.0 Å². The molecule has 150 valence electrons. The molecule has 1 atom stereocenters. The highest BCUT2D eigenvalue weighted by molar-refractivity contribution is 5.86. The Morgan fingerprint density at radius 3 is 2.62 bits per heavy atom. The Labute approximate surface area is 152 Å². The minimum Gasteiger partial charge on any atom is -0.379 e. The van der Waals surface area contributed by atoms with E-state index in [1.165, 1.54) is 0 Å². The van der Waals surface area contributed by atoms with Crippen LogP contribution in [0.2, 0.25) is 0 Å². The maximum Gasteiger partial charge on any atom is 0.406 e. The van der Waals surface area contributed by atoms with Crippen molar-refractivity contribution in [2.45, 2.75) is 12.6 Å². The van der Waals surface area contributed by atoms with Crippen LogP contribution in [0.3, 0.4) is 0 Å². The molecule has 2 aliphatic heterocycles. The number of aliphatic imine (C=N–C) groups is 1. The van der Waals surface area contributed by atoms with Gasteiger partial charge in [-0.05, 0) is 12.3 Å². The summed E-state index contributed by atoms with van der Waals surface area (Å²) in [5.74, 6) is 0.450. The second-order valence-electron chi connectivity index (χ2n) is 6.78. The molecule has 2 rings (SSSR count). The molecule has 1 unspecified atom stereocenters. The molecule has 0 aromatic carbocycles. The van der Waals surface area contributed by atoms with Gasteiger partial charge in [-0.1, -0.05) is 0 Å². The fourth-order valence-electron chi connectivity index (χ4n) is 3.30. The van der Waals surface area contributed by atoms with Crippen LogP contribution >= 0.6 is 0 Å². The van der Waals surface area contributed by atoms with Gasteiger partial charge in [-0.15, -0.1) is 0 Å². The van der Waals surface area contributed by atoms with Gasteiger partial charge in [0.2, 0.25) is 5.91 Å². The predicted octanol–water partition coefficient (Wildman–Crippen LogP) is 0.237. The molecule has 0 aromatic heterocycles. The second-order valence-corrected chi connectivity index (χ2v) is 6.78. The third-order valence-corrected chi connectivity index (χ3v) is 4.66. The monoisotopic (exact) mass is 379 g/mol. The van der Waals surface area contributed by atoms with Crippen LogP contribution in [0.5, 0.6) is 0 Å². The maximum absolute atomic E-state index is 12.4. The Balaban J connectivity index is 1.75. The summed E-state index contributed by atoms with van der Waals surface area (Å²) < 4.78 is 42.4. The molecule has 2 heterocycles. The molecule has 2 fully saturated rings. The number of alkyl halides is 3. The third kappa shape index (κ3) is 6.64. The quantitative estimate of drug-likeness (QED) is 0.548. The van der Waals surface area contributed by atoms with Gasteiger partial charge in [0.1, 0.15) is 6.54 Å². The number of nitrogens with zero attached hydrogens (tertiary/aromatic N) is 4. The topological polar surface area (TPSA) is 60.4 Å². The third-order valence-electron chi connectivity index (χ3n) is 4.66. The maximum atomic E-state index is 12.4. The number of guanidine groups is 1. The molecule has 0 radical (unpaired) electrons. The van der Waals surface area contributed by atoms with Crippen LogP contribution < -0.4 is 5.32 Å². The molecule has 7 nitrogen and oxygen atoms in total. The number of likely N-dealkylation sites (tertiary alicyclic amines) is 1. The second kappa shape index (κ2) is 9.40. The van der Waals surface area contributed by atoms with Gasteiger partial charge >= 0.3 is 6.18 Å². The van der Waals surface area contributed by atoms with Gasteiger partial charge in [0, 0.05) is 46.8 Å². The van der Waals surface area contributed by atoms with Crippen molar-refractivity contribution in [2.75, 3.05) is 73.1 Å². The molecule has 0 bridgehead atoms. The van der Waals surface area contributed by atoms with Gasteiger partial charge in [0.05, 0.1) is 19.8 Å². The average molecular weight is 379 g/mol. The van der Waals surface area contributed by atoms with Crippen LogP contribution in [0.15, 0.2) is 4.99 Å². The number of carbonyl (C=O) groups is 1. The molecule has 26 heavy (non-hydrogen) atoms. The first-order valence-corrected chi connectivity index (χ1v) is 8.85. The lowest BCUT2D eigenvalue weighted by Crippen LogP contribution is -2.47. The smallest absolute Gasteiger partial charge is 0.379 e. The lowest BCUT2D eigenvalue weighted by molar-refractivity contribution is -0.157. The molecule has 0 saturated carbocycles. The molecule has 10 heteroatoms. The number of hydrogen-bond donors (Lipinski definition) is 1. The first-order valence-electron chi connectivity index (χ1n) is 8.85. The van der Waals surface area contributed by atoms with E-state index in [1.54, 1.807) is 7.05 Å². The Hall–Kier alpha value is -1.55. The Morgan fingerprint density at radius 2 is 2.00 bits per heavy atom. The van der Waals surface area contributed by atoms with Crippen LogP contribution in [-0.4, -0.2) is 106 Å². The van der Waals surface area contributed by atoms with Gasteiger partial charge in [0.25, 0.3) is 0 Å². The van der Waals surface area contributed by atoms with Crippen LogP contribution in [0, 0.1) is 5.92 Å². The van der Waals surface area contributed by atoms with Crippen LogP contribution in [0.25, 0.3) is 0 Å². The summed E-state index contributed by atoms with van der Waals surface area (Å²) in [5.41, 5.74) is 0. The molecule has 1 amide bonds. The summed E-state index contributed by atoms with van der Waals surface area (Å²) in [5, 5.41) is 2.89. The molecule has 2 aliphatic rings. The molecular formula is C16H28F3N5O2. The van der Waals surface area contributed by atoms with Crippen molar-refractivity contribution in [3.05, 3.63) is 0 Å². The number of nitrogens with one attached hydrogen (secondary N) is 1. The van der Waals surface area contributed by atoms with E-state index >= 15 is 0 Å². The molecule has 0 aliphatic carbocycles. The number of carbonyl (C=O) groups excluding carboxylic acids is 1. The Bertz CT molecular complexity index is 495. The first kappa shape index (κ1) is 20.8. The van der Waals surface area contributed by atoms with Gasteiger partial charge in [-0.3, -0.25) is 14.7 Å². The summed E-state index contributed by atoms with van der Waals surface area (Å²) in [6, 6.07) is 0. The normalized spacial score (nSPS) is 22.6. The summed E-state index contributed by atoms with van der Waals surface area (Å²) in [4.78, 5) is 21.1. The highest BCUT2D eigenvalue weighted by Crippen LogP contribution is 2.18. The van der Waals surface area contributed by atoms with Crippen molar-refractivity contribution in [3.8, 4) is 0 Å². The molecular weight excluding hydrogens is 351 g/mol. The summed E-state index contributed by atoms with van der Waals surface area (Å²) in [6.07, 6.45) is -3.37. The standard InChI is InChI=1S/C16H28F3N5O2/c1-20-15(21-9-14(25)22(2)12-16(17,18)19)24-4-3-13(11-24)10-23-5-7-26-8-6-23/h13H,3-12H2,1-2H3,(H,20,21). The van der Waals surface area contributed by atoms with Crippen molar-refractivity contribution in [2.24, 2.45) is 10.9 Å². The zero-order valence-electron chi connectivity index (χ0n) is 15.4. The molecule has 0 aromatic rings. The van der Waals surface area contributed by atoms with E-state index < -0.39 is 18.6 Å². The lowest BCUT2D eigenvalue weighted by Gasteiger charge is -2.29. The van der Waals surface area contributed by atoms with Gasteiger partial charge < -0.3 is 19.9 Å². The van der Waals surface area contributed by atoms with E-state index in [2.05, 4.69) is 20.1 Å². The molecule has 1 N–H and O–H groups in total. The van der Waals surface area contributed by atoms with Crippen molar-refractivity contribution in [1.29, 1.82) is 0 Å². The van der Waals surface area contributed by atoms with Crippen LogP contribution in [0.4, 0.5) is 13.2 Å². The van der Waals surface area contributed by atoms with Crippen molar-refractivity contribution >= 4 is 11.9 Å². The number of hydrogen-bond acceptors (Lipinski definition) is 4. The van der Waals surface area contributed by atoms with E-state index in [-0.39, 0.29) is 6.54 Å². The Kier molecular flexibility index (Phi) is 7.51. The SMILES string of the molecule is CN=C(NCC(=O)N(C)CC(F)(F)F)N1CCC(CN2CCOCC2)C1.